The van der Waals surface area contributed by atoms with Crippen molar-refractivity contribution >= 4 is 28.9 Å². The number of rotatable bonds is 7. The highest BCUT2D eigenvalue weighted by Crippen LogP contribution is 2.14. The van der Waals surface area contributed by atoms with Gasteiger partial charge in [-0.15, -0.1) is 0 Å². The third-order valence-corrected chi connectivity index (χ3v) is 5.20. The second-order valence-electron chi connectivity index (χ2n) is 7.23. The molecule has 0 radical (unpaired) electrons. The van der Waals surface area contributed by atoms with Crippen molar-refractivity contribution in [3.8, 4) is 5.75 Å². The van der Waals surface area contributed by atoms with Gasteiger partial charge in [-0.3, -0.25) is 10.2 Å². The van der Waals surface area contributed by atoms with Gasteiger partial charge >= 0.3 is 0 Å². The SMILES string of the molecule is C/C(=N/NC(=S)NCc1ccccc1)c1ccc(OCC(=O)N2CCCCC2)cc1. The summed E-state index contributed by atoms with van der Waals surface area (Å²) in [6.07, 6.45) is 3.37. The van der Waals surface area contributed by atoms with E-state index in [0.717, 1.165) is 42.8 Å². The van der Waals surface area contributed by atoms with Crippen molar-refractivity contribution < 1.29 is 9.53 Å². The van der Waals surface area contributed by atoms with Crippen molar-refractivity contribution in [2.45, 2.75) is 32.7 Å². The molecular weight excluding hydrogens is 396 g/mol. The third kappa shape index (κ3) is 6.84. The Bertz CT molecular complexity index is 863. The van der Waals surface area contributed by atoms with Crippen LogP contribution in [0.3, 0.4) is 0 Å². The van der Waals surface area contributed by atoms with E-state index in [0.29, 0.717) is 17.4 Å². The number of thiocarbonyl (C=S) groups is 1. The van der Waals surface area contributed by atoms with E-state index < -0.39 is 0 Å². The Balaban J connectivity index is 1.43. The van der Waals surface area contributed by atoms with E-state index in [1.165, 1.54) is 6.42 Å². The summed E-state index contributed by atoms with van der Waals surface area (Å²) in [7, 11) is 0. The lowest BCUT2D eigenvalue weighted by atomic mass is 10.1. The normalized spacial score (nSPS) is 14.2. The minimum atomic E-state index is 0.0530. The Morgan fingerprint density at radius 1 is 1.07 bits per heavy atom. The summed E-state index contributed by atoms with van der Waals surface area (Å²) in [5.74, 6) is 0.724. The molecular formula is C23H28N4O2S. The number of ether oxygens (including phenoxy) is 1. The minimum Gasteiger partial charge on any atom is -0.484 e. The Morgan fingerprint density at radius 3 is 2.47 bits per heavy atom. The number of nitrogens with zero attached hydrogens (tertiary/aromatic N) is 2. The average molecular weight is 425 g/mol. The van der Waals surface area contributed by atoms with E-state index in [9.17, 15) is 4.79 Å². The average Bonchev–Trinajstić information content (AvgIpc) is 2.81. The number of hydrazone groups is 1. The number of hydrogen-bond donors (Lipinski definition) is 2. The van der Waals surface area contributed by atoms with Crippen LogP contribution in [-0.4, -0.2) is 41.3 Å². The van der Waals surface area contributed by atoms with Gasteiger partial charge in [0.2, 0.25) is 0 Å². The number of nitrogens with one attached hydrogen (secondary N) is 2. The molecule has 2 N–H and O–H groups in total. The lowest BCUT2D eigenvalue weighted by Gasteiger charge is -2.26. The van der Waals surface area contributed by atoms with Crippen LogP contribution in [0.25, 0.3) is 0 Å². The highest BCUT2D eigenvalue weighted by Gasteiger charge is 2.16. The molecule has 158 valence electrons. The van der Waals surface area contributed by atoms with E-state index in [1.807, 2.05) is 66.4 Å². The molecule has 1 aliphatic rings. The van der Waals surface area contributed by atoms with Crippen LogP contribution in [0, 0.1) is 0 Å². The largest absolute Gasteiger partial charge is 0.484 e. The molecule has 0 bridgehead atoms. The summed E-state index contributed by atoms with van der Waals surface area (Å²) >= 11 is 5.27. The van der Waals surface area contributed by atoms with E-state index in [2.05, 4.69) is 15.8 Å². The first kappa shape index (κ1) is 21.8. The molecule has 1 amide bonds. The summed E-state index contributed by atoms with van der Waals surface area (Å²) in [5, 5.41) is 7.93. The predicted octanol–water partition coefficient (Wildman–Crippen LogP) is 3.47. The summed E-state index contributed by atoms with van der Waals surface area (Å²) in [4.78, 5) is 14.1. The van der Waals surface area contributed by atoms with E-state index >= 15 is 0 Å². The molecule has 0 unspecified atom stereocenters. The highest BCUT2D eigenvalue weighted by molar-refractivity contribution is 7.80. The first-order valence-corrected chi connectivity index (χ1v) is 10.7. The van der Waals surface area contributed by atoms with Gasteiger partial charge in [0, 0.05) is 19.6 Å². The number of hydrogen-bond acceptors (Lipinski definition) is 4. The second-order valence-corrected chi connectivity index (χ2v) is 7.64. The highest BCUT2D eigenvalue weighted by atomic mass is 32.1. The first-order valence-electron chi connectivity index (χ1n) is 10.2. The Labute approximate surface area is 183 Å². The van der Waals surface area contributed by atoms with Gasteiger partial charge in [0.1, 0.15) is 5.75 Å². The quantitative estimate of drug-likeness (QED) is 0.405. The van der Waals surface area contributed by atoms with Gasteiger partial charge in [0.15, 0.2) is 11.7 Å². The van der Waals surface area contributed by atoms with Gasteiger partial charge < -0.3 is 15.0 Å². The van der Waals surface area contributed by atoms with Crippen LogP contribution in [0.4, 0.5) is 0 Å². The third-order valence-electron chi connectivity index (χ3n) is 4.96. The van der Waals surface area contributed by atoms with Gasteiger partial charge in [0.25, 0.3) is 5.91 Å². The van der Waals surface area contributed by atoms with Crippen molar-refractivity contribution in [3.05, 3.63) is 65.7 Å². The molecule has 2 aromatic carbocycles. The predicted molar refractivity (Wildman–Crippen MR) is 124 cm³/mol. The second kappa shape index (κ2) is 11.3. The minimum absolute atomic E-state index is 0.0530. The zero-order chi connectivity index (χ0) is 21.2. The smallest absolute Gasteiger partial charge is 0.260 e. The summed E-state index contributed by atoms with van der Waals surface area (Å²) in [6, 6.07) is 17.6. The summed E-state index contributed by atoms with van der Waals surface area (Å²) in [6.45, 7) is 4.30. The monoisotopic (exact) mass is 424 g/mol. The number of carbonyl (C=O) groups excluding carboxylic acids is 1. The maximum absolute atomic E-state index is 12.2. The molecule has 3 rings (SSSR count). The molecule has 6 nitrogen and oxygen atoms in total. The van der Waals surface area contributed by atoms with Crippen molar-refractivity contribution in [3.63, 3.8) is 0 Å². The molecule has 0 atom stereocenters. The van der Waals surface area contributed by atoms with Gasteiger partial charge in [-0.1, -0.05) is 30.3 Å². The molecule has 7 heteroatoms. The number of piperidine rings is 1. The molecule has 0 saturated carbocycles. The van der Waals surface area contributed by atoms with Crippen LogP contribution in [0.5, 0.6) is 5.75 Å². The molecule has 0 aromatic heterocycles. The fourth-order valence-electron chi connectivity index (χ4n) is 3.19. The maximum Gasteiger partial charge on any atom is 0.260 e. The van der Waals surface area contributed by atoms with Crippen LogP contribution in [-0.2, 0) is 11.3 Å². The zero-order valence-electron chi connectivity index (χ0n) is 17.3. The molecule has 1 aliphatic heterocycles. The molecule has 1 heterocycles. The Kier molecular flexibility index (Phi) is 8.20. The zero-order valence-corrected chi connectivity index (χ0v) is 18.1. The Hall–Kier alpha value is -2.93. The molecule has 0 spiro atoms. The molecule has 0 aliphatic carbocycles. The number of benzene rings is 2. The van der Waals surface area contributed by atoms with Gasteiger partial charge in [-0.05, 0) is 73.8 Å². The molecule has 2 aromatic rings. The van der Waals surface area contributed by atoms with Gasteiger partial charge in [0.05, 0.1) is 5.71 Å². The first-order chi connectivity index (χ1) is 14.6. The topological polar surface area (TPSA) is 66.0 Å². The fraction of sp³-hybridized carbons (Fsp3) is 0.348. The van der Waals surface area contributed by atoms with Crippen LogP contribution >= 0.6 is 12.2 Å². The number of amides is 1. The van der Waals surface area contributed by atoms with Crippen molar-refractivity contribution in [1.82, 2.24) is 15.6 Å². The van der Waals surface area contributed by atoms with Crippen LogP contribution in [0.1, 0.15) is 37.3 Å². The van der Waals surface area contributed by atoms with Crippen LogP contribution < -0.4 is 15.5 Å². The van der Waals surface area contributed by atoms with Crippen LogP contribution in [0.15, 0.2) is 59.7 Å². The molecule has 1 saturated heterocycles. The number of likely N-dealkylation sites (tertiary alicyclic amines) is 1. The summed E-state index contributed by atoms with van der Waals surface area (Å²) in [5.41, 5.74) is 5.77. The van der Waals surface area contributed by atoms with Crippen molar-refractivity contribution in [2.75, 3.05) is 19.7 Å². The van der Waals surface area contributed by atoms with Gasteiger partial charge in [-0.25, -0.2) is 0 Å². The summed E-state index contributed by atoms with van der Waals surface area (Å²) < 4.78 is 5.65. The van der Waals surface area contributed by atoms with Crippen molar-refractivity contribution in [1.29, 1.82) is 0 Å². The van der Waals surface area contributed by atoms with E-state index in [4.69, 9.17) is 17.0 Å². The maximum atomic E-state index is 12.2. The molecule has 1 fully saturated rings. The lowest BCUT2D eigenvalue weighted by Crippen LogP contribution is -2.38. The van der Waals surface area contributed by atoms with Crippen LogP contribution in [0.2, 0.25) is 0 Å². The molecule has 30 heavy (non-hydrogen) atoms. The van der Waals surface area contributed by atoms with Crippen molar-refractivity contribution in [2.24, 2.45) is 5.10 Å². The lowest BCUT2D eigenvalue weighted by molar-refractivity contribution is -0.134. The Morgan fingerprint density at radius 2 is 1.77 bits per heavy atom. The number of carbonyl (C=O) groups is 1. The van der Waals surface area contributed by atoms with Gasteiger partial charge in [-0.2, -0.15) is 5.10 Å². The fourth-order valence-corrected chi connectivity index (χ4v) is 3.31. The van der Waals surface area contributed by atoms with E-state index in [-0.39, 0.29) is 12.5 Å². The van der Waals surface area contributed by atoms with E-state index in [1.54, 1.807) is 0 Å². The standard InChI is InChI=1S/C23H28N4O2S/c1-18(25-26-23(30)24-16-19-8-4-2-5-9-19)20-10-12-21(13-11-20)29-17-22(28)27-14-6-3-7-15-27/h2,4-5,8-13H,3,6-7,14-17H2,1H3,(H2,24,26,30)/b25-18-.